The average Bonchev–Trinajstić information content (AvgIpc) is 3.24. The Hall–Kier alpha value is -4.45. The first-order valence-corrected chi connectivity index (χ1v) is 10.0. The predicted molar refractivity (Wildman–Crippen MR) is 127 cm³/mol. The third kappa shape index (κ3) is 4.82. The Kier molecular flexibility index (Phi) is 6.22. The zero-order valence-electron chi connectivity index (χ0n) is 17.4. The van der Waals surface area contributed by atoms with Crippen LogP contribution in [-0.4, -0.2) is 29.2 Å². The second-order valence-corrected chi connectivity index (χ2v) is 7.01. The summed E-state index contributed by atoms with van der Waals surface area (Å²) >= 11 is 0. The van der Waals surface area contributed by atoms with Crippen molar-refractivity contribution in [3.63, 3.8) is 0 Å². The van der Waals surface area contributed by atoms with E-state index in [4.69, 9.17) is 0 Å². The van der Waals surface area contributed by atoms with Crippen LogP contribution in [-0.2, 0) is 9.53 Å². The number of anilines is 1. The van der Waals surface area contributed by atoms with Crippen molar-refractivity contribution < 1.29 is 14.3 Å². The van der Waals surface area contributed by atoms with Crippen LogP contribution in [0.25, 0.3) is 29.1 Å². The van der Waals surface area contributed by atoms with Crippen LogP contribution in [0.2, 0.25) is 0 Å². The summed E-state index contributed by atoms with van der Waals surface area (Å²) in [7, 11) is 1.34. The Morgan fingerprint density at radius 1 is 0.938 bits per heavy atom. The Bertz CT molecular complexity index is 1320. The Balaban J connectivity index is 1.59. The lowest BCUT2D eigenvalue weighted by Gasteiger charge is -2.08. The molecule has 0 unspecified atom stereocenters. The minimum Gasteiger partial charge on any atom is -0.466 e. The van der Waals surface area contributed by atoms with E-state index in [0.29, 0.717) is 11.3 Å². The summed E-state index contributed by atoms with van der Waals surface area (Å²) < 4.78 is 4.64. The number of esters is 1. The van der Waals surface area contributed by atoms with Crippen molar-refractivity contribution >= 4 is 46.7 Å². The highest BCUT2D eigenvalue weighted by Gasteiger charge is 2.08. The van der Waals surface area contributed by atoms with E-state index in [1.165, 1.54) is 13.2 Å². The summed E-state index contributed by atoms with van der Waals surface area (Å²) in [6.45, 7) is 0. The fraction of sp³-hybridized carbons (Fsp3) is 0.0385. The minimum atomic E-state index is -0.411. The topological polar surface area (TPSA) is 84.1 Å². The number of hydrogen-bond acceptors (Lipinski definition) is 4. The minimum absolute atomic E-state index is 0.168. The van der Waals surface area contributed by atoms with E-state index >= 15 is 0 Å². The van der Waals surface area contributed by atoms with Crippen molar-refractivity contribution in [2.24, 2.45) is 0 Å². The quantitative estimate of drug-likeness (QED) is 0.331. The zero-order valence-corrected chi connectivity index (χ0v) is 17.4. The molecule has 6 heteroatoms. The fourth-order valence-electron chi connectivity index (χ4n) is 3.22. The van der Waals surface area contributed by atoms with Crippen LogP contribution in [0.3, 0.4) is 0 Å². The van der Waals surface area contributed by atoms with Gasteiger partial charge in [-0.2, -0.15) is 5.10 Å². The number of ether oxygens (including phenoxy) is 1. The highest BCUT2D eigenvalue weighted by molar-refractivity contribution is 6.05. The predicted octanol–water partition coefficient (Wildman–Crippen LogP) is 5.17. The number of hydrogen-bond donors (Lipinski definition) is 2. The van der Waals surface area contributed by atoms with Crippen molar-refractivity contribution in [2.75, 3.05) is 12.4 Å². The van der Waals surface area contributed by atoms with Gasteiger partial charge in [-0.05, 0) is 53.6 Å². The Morgan fingerprint density at radius 2 is 1.72 bits per heavy atom. The molecule has 4 aromatic rings. The van der Waals surface area contributed by atoms with Gasteiger partial charge in [-0.15, -0.1) is 0 Å². The molecule has 0 atom stereocenters. The van der Waals surface area contributed by atoms with Gasteiger partial charge in [0.2, 0.25) is 0 Å². The van der Waals surface area contributed by atoms with E-state index < -0.39 is 5.97 Å². The summed E-state index contributed by atoms with van der Waals surface area (Å²) in [5.74, 6) is -0.578. The second-order valence-electron chi connectivity index (χ2n) is 7.01. The van der Waals surface area contributed by atoms with Gasteiger partial charge in [0.1, 0.15) is 0 Å². The molecule has 0 bridgehead atoms. The van der Waals surface area contributed by atoms with E-state index in [0.717, 1.165) is 27.7 Å². The third-order valence-electron chi connectivity index (χ3n) is 4.90. The van der Waals surface area contributed by atoms with Crippen molar-refractivity contribution in [1.29, 1.82) is 0 Å². The van der Waals surface area contributed by atoms with Gasteiger partial charge in [0, 0.05) is 22.7 Å². The molecule has 0 aliphatic carbocycles. The summed E-state index contributed by atoms with van der Waals surface area (Å²) in [5, 5.41) is 11.3. The first-order chi connectivity index (χ1) is 15.6. The van der Waals surface area contributed by atoms with E-state index in [1.807, 2.05) is 72.8 Å². The molecule has 32 heavy (non-hydrogen) atoms. The van der Waals surface area contributed by atoms with E-state index in [1.54, 1.807) is 18.2 Å². The largest absolute Gasteiger partial charge is 0.466 e. The molecular weight excluding hydrogens is 402 g/mol. The maximum absolute atomic E-state index is 12.6. The maximum atomic E-state index is 12.6. The number of benzene rings is 3. The van der Waals surface area contributed by atoms with Crippen LogP contribution >= 0.6 is 0 Å². The number of carbonyl (C=O) groups excluding carboxylic acids is 2. The normalized spacial score (nSPS) is 11.3. The van der Waals surface area contributed by atoms with Crippen LogP contribution in [0.5, 0.6) is 0 Å². The molecule has 158 valence electrons. The van der Waals surface area contributed by atoms with E-state index in [2.05, 4.69) is 20.3 Å². The van der Waals surface area contributed by atoms with E-state index in [-0.39, 0.29) is 5.91 Å². The lowest BCUT2D eigenvalue weighted by atomic mass is 10.1. The number of carbonyl (C=O) groups is 2. The number of para-hydroxylation sites is 1. The maximum Gasteiger partial charge on any atom is 0.330 e. The van der Waals surface area contributed by atoms with Crippen LogP contribution in [0.1, 0.15) is 27.2 Å². The highest BCUT2D eigenvalue weighted by Crippen LogP contribution is 2.23. The second kappa shape index (κ2) is 9.57. The molecule has 0 aliphatic rings. The molecule has 0 radical (unpaired) electrons. The lowest BCUT2D eigenvalue weighted by Crippen LogP contribution is -2.12. The molecule has 4 rings (SSSR count). The number of aromatic nitrogens is 2. The summed E-state index contributed by atoms with van der Waals surface area (Å²) in [6.07, 6.45) is 6.87. The molecule has 1 heterocycles. The SMILES string of the molecule is COC(=O)C=Cc1ccc2[nH]nc(C=Cc3ccccc3NC(=O)c3ccccc3)c2c1. The van der Waals surface area contributed by atoms with Crippen molar-refractivity contribution in [1.82, 2.24) is 10.2 Å². The number of nitrogens with one attached hydrogen (secondary N) is 2. The number of rotatable bonds is 6. The molecule has 0 spiro atoms. The number of aromatic amines is 1. The first-order valence-electron chi connectivity index (χ1n) is 10.0. The van der Waals surface area contributed by atoms with Gasteiger partial charge in [0.25, 0.3) is 5.91 Å². The average molecular weight is 423 g/mol. The standard InChI is InChI=1S/C26H21N3O3/c1-32-25(30)16-12-18-11-14-23-21(17-18)24(29-28-23)15-13-19-7-5-6-10-22(19)27-26(31)20-8-3-2-4-9-20/h2-17H,1H3,(H,27,31)(H,28,29). The number of fused-ring (bicyclic) bond motifs is 1. The van der Waals surface area contributed by atoms with E-state index in [9.17, 15) is 9.59 Å². The summed E-state index contributed by atoms with van der Waals surface area (Å²) in [4.78, 5) is 23.9. The van der Waals surface area contributed by atoms with Crippen molar-refractivity contribution in [2.45, 2.75) is 0 Å². The molecule has 0 saturated carbocycles. The molecule has 0 fully saturated rings. The molecule has 1 aromatic heterocycles. The summed E-state index contributed by atoms with van der Waals surface area (Å²) in [6, 6.07) is 22.4. The molecule has 3 aromatic carbocycles. The van der Waals surface area contributed by atoms with Crippen molar-refractivity contribution in [3.8, 4) is 0 Å². The zero-order chi connectivity index (χ0) is 22.3. The molecule has 1 amide bonds. The van der Waals surface area contributed by atoms with Crippen molar-refractivity contribution in [3.05, 3.63) is 101 Å². The van der Waals surface area contributed by atoms with Crippen LogP contribution in [0.15, 0.2) is 78.9 Å². The van der Waals surface area contributed by atoms with Crippen LogP contribution in [0, 0.1) is 0 Å². The number of H-pyrrole nitrogens is 1. The van der Waals surface area contributed by atoms with Crippen LogP contribution in [0.4, 0.5) is 5.69 Å². The fourth-order valence-corrected chi connectivity index (χ4v) is 3.22. The number of nitrogens with zero attached hydrogens (tertiary/aromatic N) is 1. The Morgan fingerprint density at radius 3 is 2.53 bits per heavy atom. The highest BCUT2D eigenvalue weighted by atomic mass is 16.5. The molecule has 0 aliphatic heterocycles. The molecule has 0 saturated heterocycles. The molecular formula is C26H21N3O3. The van der Waals surface area contributed by atoms with Gasteiger partial charge in [-0.3, -0.25) is 9.89 Å². The number of methoxy groups -OCH3 is 1. The monoisotopic (exact) mass is 423 g/mol. The molecule has 6 nitrogen and oxygen atoms in total. The van der Waals surface area contributed by atoms with Gasteiger partial charge in [0.05, 0.1) is 18.3 Å². The smallest absolute Gasteiger partial charge is 0.330 e. The van der Waals surface area contributed by atoms with Gasteiger partial charge in [-0.25, -0.2) is 4.79 Å². The Labute approximate surface area is 185 Å². The first kappa shape index (κ1) is 20.8. The lowest BCUT2D eigenvalue weighted by molar-refractivity contribution is -0.134. The third-order valence-corrected chi connectivity index (χ3v) is 4.90. The molecule has 2 N–H and O–H groups in total. The van der Waals surface area contributed by atoms with Gasteiger partial charge in [0.15, 0.2) is 0 Å². The summed E-state index contributed by atoms with van der Waals surface area (Å²) in [5.41, 5.74) is 4.64. The van der Waals surface area contributed by atoms with Crippen LogP contribution < -0.4 is 5.32 Å². The number of amides is 1. The van der Waals surface area contributed by atoms with Gasteiger partial charge in [-0.1, -0.05) is 48.5 Å². The van der Waals surface area contributed by atoms with Gasteiger partial charge >= 0.3 is 5.97 Å². The van der Waals surface area contributed by atoms with Gasteiger partial charge < -0.3 is 10.1 Å².